The van der Waals surface area contributed by atoms with Gasteiger partial charge in [-0.25, -0.2) is 0 Å². The van der Waals surface area contributed by atoms with Gasteiger partial charge in [-0.05, 0) is 37.3 Å². The van der Waals surface area contributed by atoms with Crippen molar-refractivity contribution in [3.8, 4) is 5.75 Å². The minimum absolute atomic E-state index is 0.0436. The zero-order chi connectivity index (χ0) is 19.2. The summed E-state index contributed by atoms with van der Waals surface area (Å²) in [5.74, 6) is 0.259. The normalized spacial score (nSPS) is 14.8. The van der Waals surface area contributed by atoms with Gasteiger partial charge in [-0.3, -0.25) is 9.59 Å². The number of piperidine rings is 1. The van der Waals surface area contributed by atoms with Crippen LogP contribution in [0.25, 0.3) is 10.8 Å². The van der Waals surface area contributed by atoms with Crippen LogP contribution in [0.4, 0.5) is 0 Å². The SMILES string of the molecule is CCOC(=O)C1CCN(C(=O)COc2ccc(C=N)c3ccccc23)CC1. The van der Waals surface area contributed by atoms with E-state index in [9.17, 15) is 9.59 Å². The van der Waals surface area contributed by atoms with Gasteiger partial charge in [-0.15, -0.1) is 0 Å². The Labute approximate surface area is 158 Å². The summed E-state index contributed by atoms with van der Waals surface area (Å²) in [6.45, 7) is 3.22. The number of rotatable bonds is 6. The molecule has 0 saturated carbocycles. The van der Waals surface area contributed by atoms with Crippen LogP contribution < -0.4 is 4.74 Å². The Kier molecular flexibility index (Phi) is 6.06. The predicted molar refractivity (Wildman–Crippen MR) is 103 cm³/mol. The van der Waals surface area contributed by atoms with E-state index in [1.165, 1.54) is 6.21 Å². The van der Waals surface area contributed by atoms with Crippen molar-refractivity contribution < 1.29 is 19.1 Å². The van der Waals surface area contributed by atoms with Crippen LogP contribution in [0, 0.1) is 11.3 Å². The number of amides is 1. The van der Waals surface area contributed by atoms with Crippen molar-refractivity contribution in [3.63, 3.8) is 0 Å². The highest BCUT2D eigenvalue weighted by atomic mass is 16.5. The largest absolute Gasteiger partial charge is 0.483 e. The molecule has 0 unspecified atom stereocenters. The zero-order valence-corrected chi connectivity index (χ0v) is 15.4. The van der Waals surface area contributed by atoms with Gasteiger partial charge in [0.2, 0.25) is 0 Å². The van der Waals surface area contributed by atoms with Crippen molar-refractivity contribution >= 4 is 28.9 Å². The lowest BCUT2D eigenvalue weighted by atomic mass is 9.97. The molecule has 27 heavy (non-hydrogen) atoms. The second kappa shape index (κ2) is 8.66. The molecule has 1 amide bonds. The Balaban J connectivity index is 1.60. The minimum Gasteiger partial charge on any atom is -0.483 e. The maximum absolute atomic E-state index is 12.5. The summed E-state index contributed by atoms with van der Waals surface area (Å²) in [4.78, 5) is 26.0. The molecule has 0 atom stereocenters. The minimum atomic E-state index is -0.168. The van der Waals surface area contributed by atoms with Gasteiger partial charge >= 0.3 is 5.97 Å². The molecule has 142 valence electrons. The standard InChI is InChI=1S/C21H24N2O4/c1-2-26-21(25)15-9-11-23(12-10-15)20(24)14-27-19-8-7-16(13-22)17-5-3-4-6-18(17)19/h3-8,13,15,22H,2,9-12,14H2,1H3. The predicted octanol–water partition coefficient (Wildman–Crippen LogP) is 3.02. The fourth-order valence-corrected chi connectivity index (χ4v) is 3.40. The van der Waals surface area contributed by atoms with Gasteiger partial charge in [0.1, 0.15) is 5.75 Å². The monoisotopic (exact) mass is 368 g/mol. The van der Waals surface area contributed by atoms with Crippen molar-refractivity contribution in [1.82, 2.24) is 4.90 Å². The van der Waals surface area contributed by atoms with E-state index in [-0.39, 0.29) is 24.4 Å². The third-order valence-electron chi connectivity index (χ3n) is 4.89. The molecule has 0 aromatic heterocycles. The van der Waals surface area contributed by atoms with Gasteiger partial charge in [-0.2, -0.15) is 0 Å². The number of ether oxygens (including phenoxy) is 2. The summed E-state index contributed by atoms with van der Waals surface area (Å²) in [5, 5.41) is 9.32. The fraction of sp³-hybridized carbons (Fsp3) is 0.381. The number of benzene rings is 2. The maximum atomic E-state index is 12.5. The van der Waals surface area contributed by atoms with Gasteiger partial charge in [0.15, 0.2) is 6.61 Å². The highest BCUT2D eigenvalue weighted by Crippen LogP contribution is 2.28. The number of nitrogens with zero attached hydrogens (tertiary/aromatic N) is 1. The second-order valence-electron chi connectivity index (χ2n) is 6.54. The average molecular weight is 368 g/mol. The Morgan fingerprint density at radius 1 is 1.15 bits per heavy atom. The molecular formula is C21H24N2O4. The van der Waals surface area contributed by atoms with E-state index in [0.717, 1.165) is 16.3 Å². The van der Waals surface area contributed by atoms with Crippen LogP contribution in [0.2, 0.25) is 0 Å². The third-order valence-corrected chi connectivity index (χ3v) is 4.89. The summed E-state index contributed by atoms with van der Waals surface area (Å²) in [6.07, 6.45) is 2.56. The van der Waals surface area contributed by atoms with E-state index in [1.54, 1.807) is 17.9 Å². The van der Waals surface area contributed by atoms with Crippen molar-refractivity contribution in [1.29, 1.82) is 5.41 Å². The maximum Gasteiger partial charge on any atom is 0.309 e. The van der Waals surface area contributed by atoms with Gasteiger partial charge in [0.25, 0.3) is 5.91 Å². The number of hydrogen-bond acceptors (Lipinski definition) is 5. The number of hydrogen-bond donors (Lipinski definition) is 1. The van der Waals surface area contributed by atoms with Crippen molar-refractivity contribution in [2.24, 2.45) is 5.92 Å². The van der Waals surface area contributed by atoms with Crippen LogP contribution in [-0.2, 0) is 14.3 Å². The highest BCUT2D eigenvalue weighted by molar-refractivity contribution is 6.01. The van der Waals surface area contributed by atoms with Crippen LogP contribution >= 0.6 is 0 Å². The molecule has 1 fully saturated rings. The molecule has 6 nitrogen and oxygen atoms in total. The number of carbonyl (C=O) groups is 2. The van der Waals surface area contributed by atoms with Crippen LogP contribution in [-0.4, -0.2) is 49.3 Å². The molecule has 0 radical (unpaired) electrons. The van der Waals surface area contributed by atoms with Crippen molar-refractivity contribution in [2.75, 3.05) is 26.3 Å². The Hall–Kier alpha value is -2.89. The molecular weight excluding hydrogens is 344 g/mol. The number of esters is 1. The van der Waals surface area contributed by atoms with Gasteiger partial charge in [0, 0.05) is 30.3 Å². The lowest BCUT2D eigenvalue weighted by Gasteiger charge is -2.30. The van der Waals surface area contributed by atoms with Crippen LogP contribution in [0.1, 0.15) is 25.3 Å². The summed E-state index contributed by atoms with van der Waals surface area (Å²) >= 11 is 0. The molecule has 3 rings (SSSR count). The van der Waals surface area contributed by atoms with Crippen LogP contribution in [0.15, 0.2) is 36.4 Å². The highest BCUT2D eigenvalue weighted by Gasteiger charge is 2.28. The van der Waals surface area contributed by atoms with E-state index in [2.05, 4.69) is 0 Å². The molecule has 2 aromatic rings. The lowest BCUT2D eigenvalue weighted by molar-refractivity contribution is -0.151. The summed E-state index contributed by atoms with van der Waals surface area (Å²) in [5.41, 5.74) is 0.810. The zero-order valence-electron chi connectivity index (χ0n) is 15.4. The first-order chi connectivity index (χ1) is 13.1. The number of nitrogens with one attached hydrogen (secondary N) is 1. The third kappa shape index (κ3) is 4.27. The first-order valence-electron chi connectivity index (χ1n) is 9.23. The molecule has 0 spiro atoms. The number of fused-ring (bicyclic) bond motifs is 1. The Bertz CT molecular complexity index is 841. The van der Waals surface area contributed by atoms with Crippen molar-refractivity contribution in [3.05, 3.63) is 42.0 Å². The van der Waals surface area contributed by atoms with Gasteiger partial charge < -0.3 is 19.8 Å². The van der Waals surface area contributed by atoms with Crippen LogP contribution in [0.5, 0.6) is 5.75 Å². The first kappa shape index (κ1) is 18.9. The molecule has 1 saturated heterocycles. The van der Waals surface area contributed by atoms with E-state index in [1.807, 2.05) is 30.3 Å². The van der Waals surface area contributed by atoms with Gasteiger partial charge in [0.05, 0.1) is 12.5 Å². The molecule has 1 heterocycles. The number of carbonyl (C=O) groups excluding carboxylic acids is 2. The van der Waals surface area contributed by atoms with E-state index >= 15 is 0 Å². The molecule has 0 bridgehead atoms. The fourth-order valence-electron chi connectivity index (χ4n) is 3.40. The molecule has 1 aliphatic rings. The van der Waals surface area contributed by atoms with Gasteiger partial charge in [-0.1, -0.05) is 24.3 Å². The molecule has 1 aliphatic heterocycles. The topological polar surface area (TPSA) is 79.7 Å². The molecule has 2 aromatic carbocycles. The van der Waals surface area contributed by atoms with Crippen LogP contribution in [0.3, 0.4) is 0 Å². The average Bonchev–Trinajstić information content (AvgIpc) is 2.72. The smallest absolute Gasteiger partial charge is 0.309 e. The summed E-state index contributed by atoms with van der Waals surface area (Å²) < 4.78 is 10.8. The number of likely N-dealkylation sites (tertiary alicyclic amines) is 1. The van der Waals surface area contributed by atoms with E-state index in [0.29, 0.717) is 38.3 Å². The lowest BCUT2D eigenvalue weighted by Crippen LogP contribution is -2.42. The quantitative estimate of drug-likeness (QED) is 0.628. The second-order valence-corrected chi connectivity index (χ2v) is 6.54. The van der Waals surface area contributed by atoms with Crippen molar-refractivity contribution in [2.45, 2.75) is 19.8 Å². The summed E-state index contributed by atoms with van der Waals surface area (Å²) in [6, 6.07) is 11.3. The van der Waals surface area contributed by atoms with E-state index in [4.69, 9.17) is 14.9 Å². The first-order valence-corrected chi connectivity index (χ1v) is 9.23. The molecule has 1 N–H and O–H groups in total. The molecule has 6 heteroatoms. The summed E-state index contributed by atoms with van der Waals surface area (Å²) in [7, 11) is 0. The molecule has 0 aliphatic carbocycles. The van der Waals surface area contributed by atoms with E-state index < -0.39 is 0 Å². The Morgan fingerprint density at radius 3 is 2.52 bits per heavy atom. The Morgan fingerprint density at radius 2 is 1.85 bits per heavy atom.